The fraction of sp³-hybridized carbons (Fsp3) is 0.257. The maximum absolute atomic E-state index is 14.5. The first-order valence-electron chi connectivity index (χ1n) is 14.7. The summed E-state index contributed by atoms with van der Waals surface area (Å²) < 4.78 is 29.3. The molecule has 0 aliphatic rings. The van der Waals surface area contributed by atoms with Gasteiger partial charge in [0, 0.05) is 19.5 Å². The third-order valence-corrected chi connectivity index (χ3v) is 9.90. The highest BCUT2D eigenvalue weighted by molar-refractivity contribution is 7.92. The number of sulfonamides is 1. The van der Waals surface area contributed by atoms with Crippen LogP contribution in [0.2, 0.25) is 10.0 Å². The molecule has 0 fully saturated rings. The summed E-state index contributed by atoms with van der Waals surface area (Å²) in [6.45, 7) is 5.73. The molecule has 2 amide bonds. The molecule has 236 valence electrons. The Bertz CT molecular complexity index is 1710. The van der Waals surface area contributed by atoms with E-state index in [2.05, 4.69) is 5.32 Å². The molecule has 0 bridgehead atoms. The zero-order chi connectivity index (χ0) is 32.6. The summed E-state index contributed by atoms with van der Waals surface area (Å²) in [6, 6.07) is 27.0. The third kappa shape index (κ3) is 8.87. The lowest BCUT2D eigenvalue weighted by Gasteiger charge is -2.34. The lowest BCUT2D eigenvalue weighted by atomic mass is 10.0. The fourth-order valence-corrected chi connectivity index (χ4v) is 6.51. The smallest absolute Gasteiger partial charge is 0.264 e. The molecule has 0 aliphatic carbocycles. The molecule has 10 heteroatoms. The Morgan fingerprint density at radius 3 is 2.02 bits per heavy atom. The Labute approximate surface area is 275 Å². The lowest BCUT2D eigenvalue weighted by molar-refractivity contribution is -0.140. The quantitative estimate of drug-likeness (QED) is 0.167. The highest BCUT2D eigenvalue weighted by Gasteiger charge is 2.34. The van der Waals surface area contributed by atoms with Crippen molar-refractivity contribution in [1.82, 2.24) is 10.2 Å². The van der Waals surface area contributed by atoms with Crippen LogP contribution in [-0.2, 0) is 32.6 Å². The van der Waals surface area contributed by atoms with Crippen molar-refractivity contribution in [3.63, 3.8) is 0 Å². The third-order valence-electron chi connectivity index (χ3n) is 7.37. The van der Waals surface area contributed by atoms with Crippen molar-refractivity contribution >= 4 is 50.7 Å². The van der Waals surface area contributed by atoms with Crippen molar-refractivity contribution < 1.29 is 18.0 Å². The number of halogens is 2. The normalized spacial score (nSPS) is 11.9. The zero-order valence-electron chi connectivity index (χ0n) is 25.5. The lowest BCUT2D eigenvalue weighted by Crippen LogP contribution is -2.53. The molecular formula is C35H37Cl2N3O4S. The molecule has 0 saturated carbocycles. The Balaban J connectivity index is 1.81. The van der Waals surface area contributed by atoms with Crippen LogP contribution in [0, 0.1) is 13.8 Å². The molecule has 4 aromatic rings. The van der Waals surface area contributed by atoms with Gasteiger partial charge in [-0.05, 0) is 61.7 Å². The van der Waals surface area contributed by atoms with Gasteiger partial charge in [0.1, 0.15) is 12.6 Å². The number of nitrogens with zero attached hydrogens (tertiary/aromatic N) is 2. The van der Waals surface area contributed by atoms with Crippen molar-refractivity contribution in [1.29, 1.82) is 0 Å². The second-order valence-corrected chi connectivity index (χ2v) is 13.6. The minimum Gasteiger partial charge on any atom is -0.354 e. The van der Waals surface area contributed by atoms with Crippen molar-refractivity contribution in [2.75, 3.05) is 17.4 Å². The summed E-state index contributed by atoms with van der Waals surface area (Å²) in [5, 5.41) is 3.33. The van der Waals surface area contributed by atoms with E-state index in [4.69, 9.17) is 23.2 Å². The monoisotopic (exact) mass is 665 g/mol. The van der Waals surface area contributed by atoms with Crippen LogP contribution < -0.4 is 9.62 Å². The Morgan fingerprint density at radius 1 is 0.800 bits per heavy atom. The molecule has 1 N–H and O–H groups in total. The summed E-state index contributed by atoms with van der Waals surface area (Å²) in [7, 11) is -4.24. The number of carbonyl (C=O) groups is 2. The van der Waals surface area contributed by atoms with Gasteiger partial charge in [0.05, 0.1) is 20.6 Å². The standard InChI is InChI=1S/C35H37Cl2N3O4S/c1-4-20-38-35(42)33(21-27-8-6-5-7-9-27)39(23-28-14-10-25(2)11-15-28)34(41)24-40(29-16-19-31(36)32(37)22-29)45(43,44)30-17-12-26(3)13-18-30/h5-19,22,33H,4,20-21,23-24H2,1-3H3,(H,38,42)/t33-/m0/s1. The van der Waals surface area contributed by atoms with E-state index in [9.17, 15) is 18.0 Å². The number of hydrogen-bond donors (Lipinski definition) is 1. The maximum Gasteiger partial charge on any atom is 0.264 e. The summed E-state index contributed by atoms with van der Waals surface area (Å²) in [6.07, 6.45) is 0.959. The van der Waals surface area contributed by atoms with Gasteiger partial charge >= 0.3 is 0 Å². The molecule has 4 rings (SSSR count). The minimum absolute atomic E-state index is 0.0126. The van der Waals surface area contributed by atoms with E-state index in [-0.39, 0.29) is 39.5 Å². The molecule has 0 radical (unpaired) electrons. The van der Waals surface area contributed by atoms with Crippen LogP contribution in [0.3, 0.4) is 0 Å². The van der Waals surface area contributed by atoms with Crippen molar-refractivity contribution in [3.8, 4) is 0 Å². The maximum atomic E-state index is 14.5. The number of carbonyl (C=O) groups excluding carboxylic acids is 2. The van der Waals surface area contributed by atoms with Gasteiger partial charge in [0.25, 0.3) is 10.0 Å². The average Bonchev–Trinajstić information content (AvgIpc) is 3.03. The molecule has 0 aromatic heterocycles. The van der Waals surface area contributed by atoms with Crippen molar-refractivity contribution in [2.45, 2.75) is 51.1 Å². The number of benzene rings is 4. The molecule has 0 heterocycles. The summed E-state index contributed by atoms with van der Waals surface area (Å²) >= 11 is 12.5. The number of rotatable bonds is 13. The molecule has 4 aromatic carbocycles. The Morgan fingerprint density at radius 2 is 1.42 bits per heavy atom. The van der Waals surface area contributed by atoms with Crippen molar-refractivity contribution in [2.24, 2.45) is 0 Å². The highest BCUT2D eigenvalue weighted by Crippen LogP contribution is 2.31. The molecule has 0 saturated heterocycles. The topological polar surface area (TPSA) is 86.8 Å². The summed E-state index contributed by atoms with van der Waals surface area (Å²) in [4.78, 5) is 29.7. The highest BCUT2D eigenvalue weighted by atomic mass is 35.5. The van der Waals surface area contributed by atoms with Gasteiger partial charge in [-0.3, -0.25) is 13.9 Å². The zero-order valence-corrected chi connectivity index (χ0v) is 27.9. The van der Waals surface area contributed by atoms with E-state index < -0.39 is 28.5 Å². The largest absolute Gasteiger partial charge is 0.354 e. The first-order valence-corrected chi connectivity index (χ1v) is 16.9. The molecular weight excluding hydrogens is 629 g/mol. The molecule has 7 nitrogen and oxygen atoms in total. The van der Waals surface area contributed by atoms with Gasteiger partial charge in [0.15, 0.2) is 0 Å². The van der Waals surface area contributed by atoms with Gasteiger partial charge < -0.3 is 10.2 Å². The number of nitrogens with one attached hydrogen (secondary N) is 1. The first kappa shape index (κ1) is 34.0. The van der Waals surface area contributed by atoms with Crippen LogP contribution in [-0.4, -0.2) is 44.3 Å². The van der Waals surface area contributed by atoms with Gasteiger partial charge in [-0.1, -0.05) is 108 Å². The van der Waals surface area contributed by atoms with E-state index in [0.717, 1.165) is 33.0 Å². The predicted molar refractivity (Wildman–Crippen MR) is 181 cm³/mol. The first-order chi connectivity index (χ1) is 21.5. The van der Waals surface area contributed by atoms with Crippen LogP contribution in [0.1, 0.15) is 35.6 Å². The molecule has 0 unspecified atom stereocenters. The van der Waals surface area contributed by atoms with Crippen LogP contribution in [0.5, 0.6) is 0 Å². The van der Waals surface area contributed by atoms with Crippen LogP contribution >= 0.6 is 23.2 Å². The number of amides is 2. The number of anilines is 1. The fourth-order valence-electron chi connectivity index (χ4n) is 4.82. The van der Waals surface area contributed by atoms with Crippen LogP contribution in [0.4, 0.5) is 5.69 Å². The van der Waals surface area contributed by atoms with E-state index in [0.29, 0.717) is 6.54 Å². The number of hydrogen-bond acceptors (Lipinski definition) is 4. The van der Waals surface area contributed by atoms with E-state index in [1.54, 1.807) is 12.1 Å². The molecule has 0 aliphatic heterocycles. The number of aryl methyl sites for hydroxylation is 2. The summed E-state index contributed by atoms with van der Waals surface area (Å²) in [5.74, 6) is -0.867. The van der Waals surface area contributed by atoms with Crippen LogP contribution in [0.25, 0.3) is 0 Å². The van der Waals surface area contributed by atoms with E-state index in [1.165, 1.54) is 35.2 Å². The summed E-state index contributed by atoms with van der Waals surface area (Å²) in [5.41, 5.74) is 3.77. The second kappa shape index (κ2) is 15.4. The molecule has 45 heavy (non-hydrogen) atoms. The minimum atomic E-state index is -4.24. The SMILES string of the molecule is CCCNC(=O)[C@H](Cc1ccccc1)N(Cc1ccc(C)cc1)C(=O)CN(c1ccc(Cl)c(Cl)c1)S(=O)(=O)c1ccc(C)cc1. The van der Waals surface area contributed by atoms with Gasteiger partial charge in [-0.25, -0.2) is 8.42 Å². The molecule has 1 atom stereocenters. The van der Waals surface area contributed by atoms with Gasteiger partial charge in [-0.15, -0.1) is 0 Å². The van der Waals surface area contributed by atoms with Gasteiger partial charge in [-0.2, -0.15) is 0 Å². The van der Waals surface area contributed by atoms with E-state index >= 15 is 0 Å². The van der Waals surface area contributed by atoms with E-state index in [1.807, 2.05) is 75.4 Å². The Kier molecular flexibility index (Phi) is 11.7. The average molecular weight is 667 g/mol. The molecule has 0 spiro atoms. The second-order valence-electron chi connectivity index (χ2n) is 10.9. The predicted octanol–water partition coefficient (Wildman–Crippen LogP) is 6.97. The van der Waals surface area contributed by atoms with Gasteiger partial charge in [0.2, 0.25) is 11.8 Å². The Hall–Kier alpha value is -3.85. The van der Waals surface area contributed by atoms with Crippen LogP contribution in [0.15, 0.2) is 102 Å². The van der Waals surface area contributed by atoms with Crippen molar-refractivity contribution in [3.05, 3.63) is 129 Å².